The molecule has 0 bridgehead atoms. The van der Waals surface area contributed by atoms with Crippen molar-refractivity contribution in [1.82, 2.24) is 4.90 Å². The number of hydrogen-bond acceptors (Lipinski definition) is 6. The number of esters is 2. The van der Waals surface area contributed by atoms with Crippen molar-refractivity contribution in [3.63, 3.8) is 0 Å². The molecule has 1 unspecified atom stereocenters. The minimum atomic E-state index is -0.673. The Hall–Kier alpha value is -1.63. The number of hydrogen-bond donors (Lipinski definition) is 0. The van der Waals surface area contributed by atoms with Crippen LogP contribution in [0.1, 0.15) is 189 Å². The minimum Gasteiger partial charge on any atom is -0.462 e. The number of carbonyl (C=O) groups is 3. The second kappa shape index (κ2) is 29.8. The summed E-state index contributed by atoms with van der Waals surface area (Å²) in [6.45, 7) is 10.3. The van der Waals surface area contributed by atoms with Crippen LogP contribution in [0.4, 0.5) is 0 Å². The summed E-state index contributed by atoms with van der Waals surface area (Å²) in [5.74, 6) is -0.578. The van der Waals surface area contributed by atoms with Gasteiger partial charge in [-0.3, -0.25) is 14.4 Å². The van der Waals surface area contributed by atoms with E-state index in [1.807, 2.05) is 13.8 Å². The Morgan fingerprint density at radius 3 is 1.36 bits per heavy atom. The number of carbonyl (C=O) groups excluding carboxylic acids is 3. The average Bonchev–Trinajstić information content (AvgIpc) is 2.99. The van der Waals surface area contributed by atoms with Crippen molar-refractivity contribution in [1.29, 1.82) is 0 Å². The summed E-state index contributed by atoms with van der Waals surface area (Å²) >= 11 is 0. The van der Waals surface area contributed by atoms with Gasteiger partial charge in [-0.1, -0.05) is 142 Å². The summed E-state index contributed by atoms with van der Waals surface area (Å²) in [4.78, 5) is 38.4. The predicted molar refractivity (Wildman–Crippen MR) is 186 cm³/mol. The molecule has 0 aromatic heterocycles. The molecule has 1 amide bonds. The van der Waals surface area contributed by atoms with Gasteiger partial charge in [-0.05, 0) is 26.7 Å². The zero-order valence-corrected chi connectivity index (χ0v) is 30.6. The predicted octanol–water partition coefficient (Wildman–Crippen LogP) is 10.1. The molecule has 266 valence electrons. The van der Waals surface area contributed by atoms with Crippen LogP contribution >= 0.6 is 0 Å². The maximum Gasteiger partial charge on any atom is 0.306 e. The highest BCUT2D eigenvalue weighted by atomic mass is 16.6. The molecule has 0 saturated heterocycles. The van der Waals surface area contributed by atoms with E-state index in [-0.39, 0.29) is 31.1 Å². The average molecular weight is 640 g/mol. The summed E-state index contributed by atoms with van der Waals surface area (Å²) in [6, 6.07) is 0. The molecule has 0 N–H and O–H groups in total. The first-order valence-electron chi connectivity index (χ1n) is 18.8. The Bertz CT molecular complexity index is 725. The normalized spacial score (nSPS) is 12.2. The van der Waals surface area contributed by atoms with Crippen molar-refractivity contribution < 1.29 is 28.6 Å². The molecule has 0 radical (unpaired) electrons. The molecule has 7 heteroatoms. The van der Waals surface area contributed by atoms with E-state index in [4.69, 9.17) is 14.2 Å². The smallest absolute Gasteiger partial charge is 0.306 e. The lowest BCUT2D eigenvalue weighted by Gasteiger charge is -2.31. The molecule has 7 nitrogen and oxygen atoms in total. The van der Waals surface area contributed by atoms with E-state index in [1.54, 1.807) is 11.9 Å². The van der Waals surface area contributed by atoms with Crippen LogP contribution in [-0.4, -0.2) is 61.3 Å². The number of unbranched alkanes of at least 4 members (excludes halogenated alkanes) is 20. The Morgan fingerprint density at radius 1 is 0.578 bits per heavy atom. The SMILES string of the molecule is CCCCCCCCCCCCCC(=O)OCC(COC(C)(C)CN(C)C(C)=O)OC(=O)CCCCCCCCCCCCC. The first-order valence-corrected chi connectivity index (χ1v) is 18.8. The van der Waals surface area contributed by atoms with Crippen LogP contribution in [-0.2, 0) is 28.6 Å². The summed E-state index contributed by atoms with van der Waals surface area (Å²) < 4.78 is 17.3. The first-order chi connectivity index (χ1) is 21.6. The first kappa shape index (κ1) is 43.4. The van der Waals surface area contributed by atoms with Gasteiger partial charge in [0, 0.05) is 33.4 Å². The van der Waals surface area contributed by atoms with E-state index >= 15 is 0 Å². The number of likely N-dealkylation sites (N-methyl/N-ethyl adjacent to an activating group) is 1. The highest BCUT2D eigenvalue weighted by molar-refractivity contribution is 5.73. The number of amides is 1. The van der Waals surface area contributed by atoms with Crippen molar-refractivity contribution >= 4 is 17.8 Å². The highest BCUT2D eigenvalue weighted by Gasteiger charge is 2.26. The molecule has 0 aromatic rings. The summed E-state index contributed by atoms with van der Waals surface area (Å²) in [7, 11) is 1.73. The van der Waals surface area contributed by atoms with Crippen molar-refractivity contribution in [3.8, 4) is 0 Å². The fourth-order valence-electron chi connectivity index (χ4n) is 5.53. The van der Waals surface area contributed by atoms with Crippen molar-refractivity contribution in [3.05, 3.63) is 0 Å². The van der Waals surface area contributed by atoms with Gasteiger partial charge < -0.3 is 19.1 Å². The van der Waals surface area contributed by atoms with Crippen LogP contribution in [0, 0.1) is 0 Å². The zero-order valence-electron chi connectivity index (χ0n) is 30.6. The number of nitrogens with zero attached hydrogens (tertiary/aromatic N) is 1. The van der Waals surface area contributed by atoms with E-state index in [1.165, 1.54) is 110 Å². The lowest BCUT2D eigenvalue weighted by molar-refractivity contribution is -0.167. The molecule has 0 heterocycles. The molecule has 45 heavy (non-hydrogen) atoms. The van der Waals surface area contributed by atoms with Gasteiger partial charge in [0.2, 0.25) is 5.91 Å². The van der Waals surface area contributed by atoms with Gasteiger partial charge in [0.25, 0.3) is 0 Å². The summed E-state index contributed by atoms with van der Waals surface area (Å²) in [6.07, 6.45) is 27.0. The summed E-state index contributed by atoms with van der Waals surface area (Å²) in [5, 5.41) is 0. The minimum absolute atomic E-state index is 0.0144. The third kappa shape index (κ3) is 29.5. The zero-order chi connectivity index (χ0) is 33.6. The maximum absolute atomic E-state index is 12.7. The molecule has 0 rings (SSSR count). The second-order valence-corrected chi connectivity index (χ2v) is 13.8. The third-order valence-corrected chi connectivity index (χ3v) is 8.51. The maximum atomic E-state index is 12.7. The number of rotatable bonds is 32. The molecule has 0 fully saturated rings. The Morgan fingerprint density at radius 2 is 0.956 bits per heavy atom. The summed E-state index contributed by atoms with van der Waals surface area (Å²) in [5.41, 5.74) is -0.638. The molecule has 0 spiro atoms. The van der Waals surface area contributed by atoms with Gasteiger partial charge in [0.1, 0.15) is 6.61 Å². The van der Waals surface area contributed by atoms with Gasteiger partial charge in [0.05, 0.1) is 12.2 Å². The molecular formula is C38H73NO6. The second-order valence-electron chi connectivity index (χ2n) is 13.8. The van der Waals surface area contributed by atoms with Gasteiger partial charge in [-0.15, -0.1) is 0 Å². The van der Waals surface area contributed by atoms with Crippen molar-refractivity contribution in [2.24, 2.45) is 0 Å². The lowest BCUT2D eigenvalue weighted by atomic mass is 10.1. The Kier molecular flexibility index (Phi) is 28.7. The Labute approximate surface area is 278 Å². The Balaban J connectivity index is 4.42. The fourth-order valence-corrected chi connectivity index (χ4v) is 5.53. The standard InChI is InChI=1S/C38H73NO6/c1-7-9-11-13-15-17-19-21-23-25-27-29-36(41)43-31-35(32-44-38(4,5)33-39(6)34(3)40)45-37(42)30-28-26-24-22-20-18-16-14-12-10-8-2/h35H,7-33H2,1-6H3. The van der Waals surface area contributed by atoms with Gasteiger partial charge in [-0.2, -0.15) is 0 Å². The van der Waals surface area contributed by atoms with E-state index in [0.29, 0.717) is 19.4 Å². The molecule has 1 atom stereocenters. The number of ether oxygens (including phenoxy) is 3. The van der Waals surface area contributed by atoms with Gasteiger partial charge in [-0.25, -0.2) is 0 Å². The van der Waals surface area contributed by atoms with Crippen LogP contribution < -0.4 is 0 Å². The van der Waals surface area contributed by atoms with E-state index in [9.17, 15) is 14.4 Å². The topological polar surface area (TPSA) is 82.1 Å². The van der Waals surface area contributed by atoms with Crippen molar-refractivity contribution in [2.75, 3.05) is 26.8 Å². The molecule has 0 aliphatic rings. The van der Waals surface area contributed by atoms with Crippen LogP contribution in [0.2, 0.25) is 0 Å². The van der Waals surface area contributed by atoms with Gasteiger partial charge in [0.15, 0.2) is 6.10 Å². The molecular weight excluding hydrogens is 566 g/mol. The molecule has 0 aliphatic carbocycles. The van der Waals surface area contributed by atoms with E-state index in [2.05, 4.69) is 13.8 Å². The van der Waals surface area contributed by atoms with Gasteiger partial charge >= 0.3 is 11.9 Å². The van der Waals surface area contributed by atoms with E-state index < -0.39 is 11.7 Å². The molecule has 0 aromatic carbocycles. The lowest BCUT2D eigenvalue weighted by Crippen LogP contribution is -2.43. The third-order valence-electron chi connectivity index (χ3n) is 8.51. The quantitative estimate of drug-likeness (QED) is 0.0538. The van der Waals surface area contributed by atoms with Crippen molar-refractivity contribution in [2.45, 2.75) is 200 Å². The molecule has 0 aliphatic heterocycles. The monoisotopic (exact) mass is 640 g/mol. The van der Waals surface area contributed by atoms with Crippen LogP contribution in [0.3, 0.4) is 0 Å². The highest BCUT2D eigenvalue weighted by Crippen LogP contribution is 2.16. The van der Waals surface area contributed by atoms with Crippen LogP contribution in [0.5, 0.6) is 0 Å². The van der Waals surface area contributed by atoms with Crippen LogP contribution in [0.15, 0.2) is 0 Å². The van der Waals surface area contributed by atoms with E-state index in [0.717, 1.165) is 38.5 Å². The largest absolute Gasteiger partial charge is 0.462 e. The molecule has 0 saturated carbocycles. The fraction of sp³-hybridized carbons (Fsp3) is 0.921. The van der Waals surface area contributed by atoms with Crippen LogP contribution in [0.25, 0.3) is 0 Å².